The summed E-state index contributed by atoms with van der Waals surface area (Å²) < 4.78 is 10.6. The Kier molecular flexibility index (Phi) is 5.38. The van der Waals surface area contributed by atoms with Crippen LogP contribution in [-0.2, 0) is 0 Å². The molecule has 0 saturated heterocycles. The van der Waals surface area contributed by atoms with E-state index in [0.29, 0.717) is 28.3 Å². The van der Waals surface area contributed by atoms with Gasteiger partial charge in [-0.25, -0.2) is 0 Å². The highest BCUT2D eigenvalue weighted by molar-refractivity contribution is 6.31. The molecule has 0 spiro atoms. The largest absolute Gasteiger partial charge is 0.497 e. The summed E-state index contributed by atoms with van der Waals surface area (Å²) in [6, 6.07) is 11.1. The molecule has 0 aliphatic carbocycles. The average molecular weight is 372 g/mol. The van der Waals surface area contributed by atoms with E-state index in [1.807, 2.05) is 37.3 Å². The zero-order valence-corrected chi connectivity index (χ0v) is 15.3. The molecular weight excluding hydrogens is 354 g/mol. The summed E-state index contributed by atoms with van der Waals surface area (Å²) in [5.74, 6) is 2.20. The molecule has 8 heteroatoms. The number of hydrogen-bond donors (Lipinski definition) is 2. The Bertz CT molecular complexity index is 920. The first-order chi connectivity index (χ1) is 12.6. The van der Waals surface area contributed by atoms with E-state index in [4.69, 9.17) is 21.1 Å². The zero-order valence-electron chi connectivity index (χ0n) is 14.6. The Morgan fingerprint density at radius 3 is 2.58 bits per heavy atom. The molecule has 0 bridgehead atoms. The van der Waals surface area contributed by atoms with Crippen LogP contribution in [0.4, 0.5) is 23.1 Å². The van der Waals surface area contributed by atoms with Gasteiger partial charge in [-0.05, 0) is 36.8 Å². The van der Waals surface area contributed by atoms with E-state index in [1.165, 1.54) is 6.20 Å². The zero-order chi connectivity index (χ0) is 18.5. The van der Waals surface area contributed by atoms with Gasteiger partial charge in [0.15, 0.2) is 5.82 Å². The van der Waals surface area contributed by atoms with Crippen molar-refractivity contribution in [3.8, 4) is 11.5 Å². The van der Waals surface area contributed by atoms with Crippen molar-refractivity contribution in [2.75, 3.05) is 24.9 Å². The number of aryl methyl sites for hydroxylation is 1. The molecule has 3 aromatic rings. The molecule has 26 heavy (non-hydrogen) atoms. The second-order valence-corrected chi connectivity index (χ2v) is 5.85. The third-order valence-corrected chi connectivity index (χ3v) is 4.07. The smallest absolute Gasteiger partial charge is 0.249 e. The minimum absolute atomic E-state index is 0.349. The summed E-state index contributed by atoms with van der Waals surface area (Å²) in [7, 11) is 3.19. The minimum atomic E-state index is 0.349. The Hall–Kier alpha value is -3.06. The summed E-state index contributed by atoms with van der Waals surface area (Å²) in [4.78, 5) is 4.41. The fourth-order valence-electron chi connectivity index (χ4n) is 2.26. The highest BCUT2D eigenvalue weighted by atomic mass is 35.5. The van der Waals surface area contributed by atoms with Gasteiger partial charge in [-0.15, -0.1) is 5.10 Å². The molecule has 0 radical (unpaired) electrons. The van der Waals surface area contributed by atoms with Crippen LogP contribution in [0.25, 0.3) is 0 Å². The Balaban J connectivity index is 1.80. The summed E-state index contributed by atoms with van der Waals surface area (Å²) in [5.41, 5.74) is 2.51. The lowest BCUT2D eigenvalue weighted by molar-refractivity contribution is 0.395. The van der Waals surface area contributed by atoms with Crippen molar-refractivity contribution in [3.63, 3.8) is 0 Å². The van der Waals surface area contributed by atoms with Crippen LogP contribution in [0.5, 0.6) is 11.5 Å². The number of hydrogen-bond acceptors (Lipinski definition) is 7. The predicted octanol–water partition coefficient (Wildman–Crippen LogP) is 4.34. The van der Waals surface area contributed by atoms with E-state index >= 15 is 0 Å². The van der Waals surface area contributed by atoms with Crippen LogP contribution in [0.3, 0.4) is 0 Å². The fourth-order valence-corrected chi connectivity index (χ4v) is 2.44. The maximum atomic E-state index is 6.14. The predicted molar refractivity (Wildman–Crippen MR) is 102 cm³/mol. The molecule has 2 N–H and O–H groups in total. The molecule has 0 aliphatic rings. The van der Waals surface area contributed by atoms with E-state index in [2.05, 4.69) is 25.8 Å². The number of rotatable bonds is 6. The molecule has 0 amide bonds. The first kappa shape index (κ1) is 17.8. The molecule has 1 heterocycles. The van der Waals surface area contributed by atoms with Gasteiger partial charge in [0.2, 0.25) is 5.95 Å². The maximum absolute atomic E-state index is 6.14. The monoisotopic (exact) mass is 371 g/mol. The van der Waals surface area contributed by atoms with Gasteiger partial charge in [-0.3, -0.25) is 0 Å². The molecule has 0 aliphatic heterocycles. The van der Waals surface area contributed by atoms with Crippen molar-refractivity contribution < 1.29 is 9.47 Å². The fraction of sp³-hybridized carbons (Fsp3) is 0.167. The number of methoxy groups -OCH3 is 2. The van der Waals surface area contributed by atoms with Crippen molar-refractivity contribution >= 4 is 34.7 Å². The lowest BCUT2D eigenvalue weighted by Crippen LogP contribution is -2.03. The number of ether oxygens (including phenoxy) is 2. The van der Waals surface area contributed by atoms with Gasteiger partial charge in [-0.2, -0.15) is 10.1 Å². The van der Waals surface area contributed by atoms with Crippen molar-refractivity contribution in [2.24, 2.45) is 0 Å². The first-order valence-corrected chi connectivity index (χ1v) is 8.19. The van der Waals surface area contributed by atoms with Gasteiger partial charge in [0.25, 0.3) is 0 Å². The number of benzene rings is 2. The topological polar surface area (TPSA) is 81.2 Å². The van der Waals surface area contributed by atoms with Gasteiger partial charge in [0.1, 0.15) is 11.5 Å². The number of halogens is 1. The van der Waals surface area contributed by atoms with Crippen LogP contribution in [0, 0.1) is 6.92 Å². The standard InChI is InChI=1S/C18H18ClN5O2/c1-11-4-5-12(8-14(11)19)21-18-23-17(10-20-24-18)22-15-7-6-13(25-2)9-16(15)26-3/h4-10H,1-3H3,(H2,21,22,23,24). The molecule has 7 nitrogen and oxygen atoms in total. The molecule has 0 fully saturated rings. The van der Waals surface area contributed by atoms with Crippen LogP contribution < -0.4 is 20.1 Å². The average Bonchev–Trinajstić information content (AvgIpc) is 2.65. The van der Waals surface area contributed by atoms with Crippen LogP contribution >= 0.6 is 11.6 Å². The van der Waals surface area contributed by atoms with Crippen molar-refractivity contribution in [2.45, 2.75) is 6.92 Å². The van der Waals surface area contributed by atoms with E-state index in [0.717, 1.165) is 16.9 Å². The summed E-state index contributed by atoms with van der Waals surface area (Å²) in [6.07, 6.45) is 1.52. The summed E-state index contributed by atoms with van der Waals surface area (Å²) >= 11 is 6.14. The Morgan fingerprint density at radius 2 is 1.85 bits per heavy atom. The van der Waals surface area contributed by atoms with E-state index in [-0.39, 0.29) is 0 Å². The van der Waals surface area contributed by atoms with E-state index in [9.17, 15) is 0 Å². The minimum Gasteiger partial charge on any atom is -0.497 e. The third kappa shape index (κ3) is 4.12. The van der Waals surface area contributed by atoms with Gasteiger partial charge in [0.05, 0.1) is 26.1 Å². The van der Waals surface area contributed by atoms with Crippen molar-refractivity contribution in [1.29, 1.82) is 0 Å². The third-order valence-electron chi connectivity index (χ3n) is 3.66. The van der Waals surface area contributed by atoms with Crippen molar-refractivity contribution in [3.05, 3.63) is 53.2 Å². The second-order valence-electron chi connectivity index (χ2n) is 5.45. The van der Waals surface area contributed by atoms with Crippen LogP contribution in [0.2, 0.25) is 5.02 Å². The van der Waals surface area contributed by atoms with Gasteiger partial charge in [-0.1, -0.05) is 17.7 Å². The van der Waals surface area contributed by atoms with Gasteiger partial charge >= 0.3 is 0 Å². The molecule has 0 atom stereocenters. The van der Waals surface area contributed by atoms with E-state index < -0.39 is 0 Å². The Labute approximate surface area is 156 Å². The molecule has 134 valence electrons. The quantitative estimate of drug-likeness (QED) is 0.667. The highest BCUT2D eigenvalue weighted by Gasteiger charge is 2.08. The lowest BCUT2D eigenvalue weighted by atomic mass is 10.2. The van der Waals surface area contributed by atoms with E-state index in [1.54, 1.807) is 20.3 Å². The normalized spacial score (nSPS) is 10.3. The SMILES string of the molecule is COc1ccc(Nc2cnnc(Nc3ccc(C)c(Cl)c3)n2)c(OC)c1. The van der Waals surface area contributed by atoms with Crippen LogP contribution in [0.15, 0.2) is 42.6 Å². The summed E-state index contributed by atoms with van der Waals surface area (Å²) in [5, 5.41) is 14.9. The Morgan fingerprint density at radius 1 is 1.00 bits per heavy atom. The van der Waals surface area contributed by atoms with Crippen LogP contribution in [-0.4, -0.2) is 29.4 Å². The second kappa shape index (κ2) is 7.88. The van der Waals surface area contributed by atoms with Crippen molar-refractivity contribution in [1.82, 2.24) is 15.2 Å². The molecular formula is C18H18ClN5O2. The molecule has 1 aromatic heterocycles. The highest BCUT2D eigenvalue weighted by Crippen LogP contribution is 2.31. The maximum Gasteiger partial charge on any atom is 0.249 e. The number of nitrogens with zero attached hydrogens (tertiary/aromatic N) is 3. The van der Waals surface area contributed by atoms with Crippen LogP contribution in [0.1, 0.15) is 5.56 Å². The molecule has 0 unspecified atom stereocenters. The molecule has 2 aromatic carbocycles. The van der Waals surface area contributed by atoms with Gasteiger partial charge < -0.3 is 20.1 Å². The number of aromatic nitrogens is 3. The van der Waals surface area contributed by atoms with Gasteiger partial charge in [0, 0.05) is 16.8 Å². The summed E-state index contributed by atoms with van der Waals surface area (Å²) in [6.45, 7) is 1.94. The first-order valence-electron chi connectivity index (χ1n) is 7.81. The molecule has 3 rings (SSSR count). The number of anilines is 4. The lowest BCUT2D eigenvalue weighted by Gasteiger charge is -2.12. The number of nitrogens with one attached hydrogen (secondary N) is 2. The molecule has 0 saturated carbocycles.